The third-order valence-corrected chi connectivity index (χ3v) is 5.67. The number of benzene rings is 2. The molecule has 2 N–H and O–H groups in total. The highest BCUT2D eigenvalue weighted by molar-refractivity contribution is 7.92. The number of piperidine rings is 1. The lowest BCUT2D eigenvalue weighted by molar-refractivity contribution is 0.0951. The molecule has 1 fully saturated rings. The normalized spacial score (nSPS) is 15.1. The van der Waals surface area contributed by atoms with Gasteiger partial charge in [-0.05, 0) is 67.7 Å². The van der Waals surface area contributed by atoms with Gasteiger partial charge in [0.25, 0.3) is 5.91 Å². The van der Waals surface area contributed by atoms with Gasteiger partial charge < -0.3 is 5.32 Å². The standard InChI is InChI=1S/C22H29N3O3S/c1-17-13-20(9-10-21(17)24-29(2,27)28)22(26)23-15-18-7-6-8-19(14-18)16-25-11-4-3-5-12-25/h6-10,13-14,24H,3-5,11-12,15-16H2,1-2H3,(H,23,26). The zero-order valence-corrected chi connectivity index (χ0v) is 17.9. The van der Waals surface area contributed by atoms with E-state index in [0.717, 1.165) is 31.5 Å². The number of sulfonamides is 1. The third-order valence-electron chi connectivity index (χ3n) is 5.08. The Kier molecular flexibility index (Phi) is 6.92. The van der Waals surface area contributed by atoms with Crippen LogP contribution in [0.4, 0.5) is 5.69 Å². The molecule has 0 unspecified atom stereocenters. The van der Waals surface area contributed by atoms with Crippen LogP contribution in [-0.2, 0) is 23.1 Å². The summed E-state index contributed by atoms with van der Waals surface area (Å²) in [7, 11) is -3.35. The second-order valence-corrected chi connectivity index (χ2v) is 9.49. The van der Waals surface area contributed by atoms with E-state index in [1.807, 2.05) is 12.1 Å². The maximum absolute atomic E-state index is 12.5. The topological polar surface area (TPSA) is 78.5 Å². The fraction of sp³-hybridized carbons (Fsp3) is 0.409. The lowest BCUT2D eigenvalue weighted by Crippen LogP contribution is -2.29. The number of amides is 1. The van der Waals surface area contributed by atoms with Crippen LogP contribution in [0.25, 0.3) is 0 Å². The number of nitrogens with zero attached hydrogens (tertiary/aromatic N) is 1. The molecule has 0 radical (unpaired) electrons. The summed E-state index contributed by atoms with van der Waals surface area (Å²) < 4.78 is 25.2. The van der Waals surface area contributed by atoms with E-state index in [1.54, 1.807) is 25.1 Å². The second-order valence-electron chi connectivity index (χ2n) is 7.74. The van der Waals surface area contributed by atoms with Crippen molar-refractivity contribution in [2.45, 2.75) is 39.3 Å². The Labute approximate surface area is 173 Å². The van der Waals surface area contributed by atoms with Gasteiger partial charge in [-0.15, -0.1) is 0 Å². The van der Waals surface area contributed by atoms with Crippen molar-refractivity contribution in [1.82, 2.24) is 10.2 Å². The number of rotatable bonds is 7. The van der Waals surface area contributed by atoms with Crippen molar-refractivity contribution < 1.29 is 13.2 Å². The highest BCUT2D eigenvalue weighted by Gasteiger charge is 2.12. The molecule has 0 aliphatic carbocycles. The molecule has 29 heavy (non-hydrogen) atoms. The summed E-state index contributed by atoms with van der Waals surface area (Å²) in [6, 6.07) is 13.3. The molecule has 1 amide bonds. The molecule has 3 rings (SSSR count). The van der Waals surface area contributed by atoms with Crippen LogP contribution in [0.3, 0.4) is 0 Å². The predicted octanol–water partition coefficient (Wildman–Crippen LogP) is 3.28. The van der Waals surface area contributed by atoms with Crippen LogP contribution in [0.1, 0.15) is 46.3 Å². The highest BCUT2D eigenvalue weighted by atomic mass is 32.2. The molecule has 0 spiro atoms. The van der Waals surface area contributed by atoms with Crippen molar-refractivity contribution in [2.75, 3.05) is 24.1 Å². The summed E-state index contributed by atoms with van der Waals surface area (Å²) in [5.41, 5.74) is 4.03. The molecule has 1 aliphatic heterocycles. The molecule has 2 aromatic carbocycles. The molecule has 6 nitrogen and oxygen atoms in total. The molecule has 0 saturated carbocycles. The molecular weight excluding hydrogens is 386 g/mol. The van der Waals surface area contributed by atoms with Crippen LogP contribution in [0, 0.1) is 6.92 Å². The van der Waals surface area contributed by atoms with E-state index < -0.39 is 10.0 Å². The van der Waals surface area contributed by atoms with E-state index in [9.17, 15) is 13.2 Å². The summed E-state index contributed by atoms with van der Waals surface area (Å²) in [6.45, 7) is 5.49. The lowest BCUT2D eigenvalue weighted by atomic mass is 10.1. The summed E-state index contributed by atoms with van der Waals surface area (Å²) >= 11 is 0. The monoisotopic (exact) mass is 415 g/mol. The van der Waals surface area contributed by atoms with Crippen LogP contribution in [0.15, 0.2) is 42.5 Å². The van der Waals surface area contributed by atoms with Crippen molar-refractivity contribution in [1.29, 1.82) is 0 Å². The third kappa shape index (κ3) is 6.58. The maximum atomic E-state index is 12.5. The Morgan fingerprint density at radius 3 is 2.45 bits per heavy atom. The average molecular weight is 416 g/mol. The minimum Gasteiger partial charge on any atom is -0.348 e. The van der Waals surface area contributed by atoms with Crippen LogP contribution >= 0.6 is 0 Å². The molecule has 0 aromatic heterocycles. The second kappa shape index (κ2) is 9.41. The van der Waals surface area contributed by atoms with Gasteiger partial charge >= 0.3 is 0 Å². The van der Waals surface area contributed by atoms with Crippen LogP contribution < -0.4 is 10.0 Å². The molecular formula is C22H29N3O3S. The van der Waals surface area contributed by atoms with E-state index in [2.05, 4.69) is 27.1 Å². The summed E-state index contributed by atoms with van der Waals surface area (Å²) in [5, 5.41) is 2.95. The Hall–Kier alpha value is -2.38. The summed E-state index contributed by atoms with van der Waals surface area (Å²) in [4.78, 5) is 15.0. The van der Waals surface area contributed by atoms with E-state index >= 15 is 0 Å². The Balaban J connectivity index is 1.59. The number of carbonyl (C=O) groups excluding carboxylic acids is 1. The van der Waals surface area contributed by atoms with Crippen LogP contribution in [-0.4, -0.2) is 38.6 Å². The molecule has 156 valence electrons. The number of hydrogen-bond donors (Lipinski definition) is 2. The van der Waals surface area contributed by atoms with Crippen LogP contribution in [0.2, 0.25) is 0 Å². The Bertz CT molecular complexity index is 967. The van der Waals surface area contributed by atoms with Crippen molar-refractivity contribution in [3.05, 3.63) is 64.7 Å². The molecule has 7 heteroatoms. The van der Waals surface area contributed by atoms with Crippen LogP contribution in [0.5, 0.6) is 0 Å². The molecule has 0 bridgehead atoms. The fourth-order valence-corrected chi connectivity index (χ4v) is 4.25. The van der Waals surface area contributed by atoms with Crippen molar-refractivity contribution >= 4 is 21.6 Å². The number of nitrogens with one attached hydrogen (secondary N) is 2. The summed E-state index contributed by atoms with van der Waals surface area (Å²) in [5.74, 6) is -0.180. The predicted molar refractivity (Wildman–Crippen MR) is 116 cm³/mol. The first-order valence-electron chi connectivity index (χ1n) is 9.97. The largest absolute Gasteiger partial charge is 0.348 e. The molecule has 1 saturated heterocycles. The molecule has 2 aromatic rings. The van der Waals surface area contributed by atoms with E-state index in [-0.39, 0.29) is 5.91 Å². The van der Waals surface area contributed by atoms with Gasteiger partial charge in [-0.25, -0.2) is 8.42 Å². The molecule has 1 heterocycles. The minimum atomic E-state index is -3.35. The number of hydrogen-bond acceptors (Lipinski definition) is 4. The van der Waals surface area contributed by atoms with Crippen molar-refractivity contribution in [3.63, 3.8) is 0 Å². The first kappa shape index (κ1) is 21.3. The maximum Gasteiger partial charge on any atom is 0.251 e. The summed E-state index contributed by atoms with van der Waals surface area (Å²) in [6.07, 6.45) is 4.97. The van der Waals surface area contributed by atoms with Gasteiger partial charge in [-0.1, -0.05) is 30.7 Å². The number of aryl methyl sites for hydroxylation is 1. The van der Waals surface area contributed by atoms with Gasteiger partial charge in [-0.3, -0.25) is 14.4 Å². The Morgan fingerprint density at radius 2 is 1.76 bits per heavy atom. The van der Waals surface area contributed by atoms with E-state index in [0.29, 0.717) is 23.4 Å². The zero-order valence-electron chi connectivity index (χ0n) is 17.1. The van der Waals surface area contributed by atoms with E-state index in [1.165, 1.54) is 24.8 Å². The number of anilines is 1. The smallest absolute Gasteiger partial charge is 0.251 e. The van der Waals surface area contributed by atoms with Gasteiger partial charge in [0.2, 0.25) is 10.0 Å². The zero-order chi connectivity index (χ0) is 20.9. The van der Waals surface area contributed by atoms with Gasteiger partial charge in [0, 0.05) is 18.7 Å². The van der Waals surface area contributed by atoms with Gasteiger partial charge in [0.1, 0.15) is 0 Å². The number of carbonyl (C=O) groups is 1. The Morgan fingerprint density at radius 1 is 1.03 bits per heavy atom. The van der Waals surface area contributed by atoms with Crippen molar-refractivity contribution in [2.24, 2.45) is 0 Å². The quantitative estimate of drug-likeness (QED) is 0.727. The lowest BCUT2D eigenvalue weighted by Gasteiger charge is -2.26. The molecule has 1 aliphatic rings. The highest BCUT2D eigenvalue weighted by Crippen LogP contribution is 2.18. The first-order valence-corrected chi connectivity index (χ1v) is 11.9. The van der Waals surface area contributed by atoms with Gasteiger partial charge in [-0.2, -0.15) is 0 Å². The van der Waals surface area contributed by atoms with Gasteiger partial charge in [0.05, 0.1) is 11.9 Å². The minimum absolute atomic E-state index is 0.180. The average Bonchev–Trinajstić information content (AvgIpc) is 2.68. The van der Waals surface area contributed by atoms with Crippen molar-refractivity contribution in [3.8, 4) is 0 Å². The SMILES string of the molecule is Cc1cc(C(=O)NCc2cccc(CN3CCCCC3)c2)ccc1NS(C)(=O)=O. The van der Waals surface area contributed by atoms with E-state index in [4.69, 9.17) is 0 Å². The first-order chi connectivity index (χ1) is 13.8. The fourth-order valence-electron chi connectivity index (χ4n) is 3.62. The molecule has 0 atom stereocenters. The number of likely N-dealkylation sites (tertiary alicyclic amines) is 1. The van der Waals surface area contributed by atoms with Gasteiger partial charge in [0.15, 0.2) is 0 Å².